The largest absolute Gasteiger partial charge is 0.466 e. The van der Waals surface area contributed by atoms with Gasteiger partial charge in [0.1, 0.15) is 5.82 Å². The highest BCUT2D eigenvalue weighted by Gasteiger charge is 2.43. The molecule has 226 valence electrons. The van der Waals surface area contributed by atoms with Crippen molar-refractivity contribution in [3.63, 3.8) is 0 Å². The number of hydrogen-bond acceptors (Lipinski definition) is 6. The van der Waals surface area contributed by atoms with Crippen LogP contribution in [0.4, 0.5) is 17.6 Å². The number of aliphatic hydroxyl groups is 1. The van der Waals surface area contributed by atoms with E-state index in [1.54, 1.807) is 6.92 Å². The van der Waals surface area contributed by atoms with Gasteiger partial charge in [0.25, 0.3) is 5.91 Å². The van der Waals surface area contributed by atoms with E-state index in [0.717, 1.165) is 27.9 Å². The van der Waals surface area contributed by atoms with Gasteiger partial charge < -0.3 is 14.7 Å². The predicted molar refractivity (Wildman–Crippen MR) is 145 cm³/mol. The van der Waals surface area contributed by atoms with Gasteiger partial charge in [0, 0.05) is 24.5 Å². The highest BCUT2D eigenvalue weighted by molar-refractivity contribution is 6.35. The standard InChI is InChI=1S/C28H28Cl2F4N4O4/c1-2-42-27(41)17-5-9-19(10-6-17)38-25(28(32,33)34)20(11-36-38)26(40)37(14-16-3-7-18(31)8-4-16)15-23(39)24-21(29)12-35-13-22(24)30/h3-4,7-8,11-13,17,19,23,39H,2,5-6,9-10,14-15H2,1H3. The molecule has 0 saturated heterocycles. The molecule has 1 unspecified atom stereocenters. The minimum atomic E-state index is -4.95. The molecule has 2 aromatic heterocycles. The first-order valence-electron chi connectivity index (χ1n) is 13.2. The Morgan fingerprint density at radius 2 is 1.71 bits per heavy atom. The van der Waals surface area contributed by atoms with Crippen LogP contribution >= 0.6 is 23.2 Å². The molecule has 1 fully saturated rings. The highest BCUT2D eigenvalue weighted by atomic mass is 35.5. The van der Waals surface area contributed by atoms with E-state index >= 15 is 0 Å². The first kappa shape index (κ1) is 31.7. The number of amides is 1. The van der Waals surface area contributed by atoms with Gasteiger partial charge >= 0.3 is 12.1 Å². The molecule has 0 bridgehead atoms. The van der Waals surface area contributed by atoms with Crippen LogP contribution in [0, 0.1) is 11.7 Å². The molecule has 0 radical (unpaired) electrons. The second-order valence-electron chi connectivity index (χ2n) is 9.95. The fraction of sp³-hybridized carbons (Fsp3) is 0.429. The molecule has 3 aromatic rings. The first-order chi connectivity index (χ1) is 19.9. The van der Waals surface area contributed by atoms with Crippen molar-refractivity contribution >= 4 is 35.1 Å². The van der Waals surface area contributed by atoms with Crippen molar-refractivity contribution in [2.24, 2.45) is 5.92 Å². The maximum atomic E-state index is 14.5. The number of carbonyl (C=O) groups excluding carboxylic acids is 2. The summed E-state index contributed by atoms with van der Waals surface area (Å²) < 4.78 is 62.8. The lowest BCUT2D eigenvalue weighted by Gasteiger charge is -2.29. The van der Waals surface area contributed by atoms with Crippen LogP contribution in [-0.4, -0.2) is 49.8 Å². The smallest absolute Gasteiger partial charge is 0.433 e. The van der Waals surface area contributed by atoms with Gasteiger partial charge in [-0.25, -0.2) is 4.39 Å². The Balaban J connectivity index is 1.66. The summed E-state index contributed by atoms with van der Waals surface area (Å²) in [5.41, 5.74) is -1.49. The van der Waals surface area contributed by atoms with Crippen LogP contribution in [0.3, 0.4) is 0 Å². The van der Waals surface area contributed by atoms with E-state index in [9.17, 15) is 32.3 Å². The van der Waals surface area contributed by atoms with Gasteiger partial charge in [-0.3, -0.25) is 19.3 Å². The Morgan fingerprint density at radius 1 is 1.10 bits per heavy atom. The number of aliphatic hydroxyl groups excluding tert-OH is 1. The maximum absolute atomic E-state index is 14.5. The molecule has 1 aliphatic rings. The first-order valence-corrected chi connectivity index (χ1v) is 14.0. The Hall–Kier alpha value is -3.22. The quantitative estimate of drug-likeness (QED) is 0.217. The summed E-state index contributed by atoms with van der Waals surface area (Å²) in [5.74, 6) is -2.39. The average molecular weight is 631 g/mol. The van der Waals surface area contributed by atoms with Crippen LogP contribution in [0.15, 0.2) is 42.9 Å². The lowest BCUT2D eigenvalue weighted by molar-refractivity contribution is -0.151. The monoisotopic (exact) mass is 630 g/mol. The van der Waals surface area contributed by atoms with Crippen LogP contribution in [0.5, 0.6) is 0 Å². The molecular formula is C28H28Cl2F4N4O4. The second-order valence-corrected chi connectivity index (χ2v) is 10.8. The molecule has 1 atom stereocenters. The van der Waals surface area contributed by atoms with Gasteiger partial charge in [0.05, 0.1) is 53.0 Å². The van der Waals surface area contributed by atoms with Gasteiger partial charge in [-0.05, 0) is 50.3 Å². The molecule has 42 heavy (non-hydrogen) atoms. The molecule has 4 rings (SSSR count). The van der Waals surface area contributed by atoms with Crippen LogP contribution in [-0.2, 0) is 22.3 Å². The van der Waals surface area contributed by atoms with Crippen molar-refractivity contribution in [1.82, 2.24) is 19.7 Å². The summed E-state index contributed by atoms with van der Waals surface area (Å²) in [6.45, 7) is 1.14. The summed E-state index contributed by atoms with van der Waals surface area (Å²) in [4.78, 5) is 30.7. The summed E-state index contributed by atoms with van der Waals surface area (Å²) >= 11 is 12.3. The predicted octanol–water partition coefficient (Wildman–Crippen LogP) is 6.41. The van der Waals surface area contributed by atoms with Crippen molar-refractivity contribution in [1.29, 1.82) is 0 Å². The molecule has 1 aliphatic carbocycles. The number of nitrogens with zero attached hydrogens (tertiary/aromatic N) is 4. The van der Waals surface area contributed by atoms with Crippen molar-refractivity contribution in [2.75, 3.05) is 13.2 Å². The number of aromatic nitrogens is 3. The summed E-state index contributed by atoms with van der Waals surface area (Å²) in [7, 11) is 0. The maximum Gasteiger partial charge on any atom is 0.433 e. The molecule has 2 heterocycles. The summed E-state index contributed by atoms with van der Waals surface area (Å²) in [6, 6.07) is 4.36. The second kappa shape index (κ2) is 13.4. The third kappa shape index (κ3) is 7.22. The SMILES string of the molecule is CCOC(=O)C1CCC(n2ncc(C(=O)N(Cc3ccc(F)cc3)CC(O)c3c(Cl)cncc3Cl)c2C(F)(F)F)CC1. The van der Waals surface area contributed by atoms with E-state index in [2.05, 4.69) is 10.1 Å². The zero-order valence-electron chi connectivity index (χ0n) is 22.5. The van der Waals surface area contributed by atoms with Crippen molar-refractivity contribution in [3.05, 3.63) is 81.1 Å². The van der Waals surface area contributed by atoms with Crippen LogP contribution in [0.25, 0.3) is 0 Å². The Labute approximate surface area is 249 Å². The summed E-state index contributed by atoms with van der Waals surface area (Å²) in [5, 5.41) is 15.0. The zero-order chi connectivity index (χ0) is 30.6. The third-order valence-corrected chi connectivity index (χ3v) is 7.75. The van der Waals surface area contributed by atoms with E-state index < -0.39 is 53.8 Å². The van der Waals surface area contributed by atoms with Gasteiger partial charge in [-0.2, -0.15) is 18.3 Å². The Kier molecular flexibility index (Phi) is 10.1. The van der Waals surface area contributed by atoms with Crippen molar-refractivity contribution in [2.45, 2.75) is 57.5 Å². The molecular weight excluding hydrogens is 603 g/mol. The van der Waals surface area contributed by atoms with Crippen LogP contribution in [0.2, 0.25) is 10.0 Å². The highest BCUT2D eigenvalue weighted by Crippen LogP contribution is 2.40. The number of hydrogen-bond donors (Lipinski definition) is 1. The topological polar surface area (TPSA) is 97.6 Å². The number of ether oxygens (including phenoxy) is 1. The number of carbonyl (C=O) groups is 2. The fourth-order valence-corrected chi connectivity index (χ4v) is 5.75. The number of benzene rings is 1. The molecule has 0 aliphatic heterocycles. The van der Waals surface area contributed by atoms with Gasteiger partial charge in [-0.1, -0.05) is 35.3 Å². The molecule has 1 saturated carbocycles. The molecule has 8 nitrogen and oxygen atoms in total. The lowest BCUT2D eigenvalue weighted by Crippen LogP contribution is -2.36. The zero-order valence-corrected chi connectivity index (χ0v) is 24.0. The van der Waals surface area contributed by atoms with E-state index in [4.69, 9.17) is 27.9 Å². The molecule has 1 N–H and O–H groups in total. The van der Waals surface area contributed by atoms with Crippen molar-refractivity contribution in [3.8, 4) is 0 Å². The van der Waals surface area contributed by atoms with Gasteiger partial charge in [0.15, 0.2) is 5.69 Å². The van der Waals surface area contributed by atoms with Gasteiger partial charge in [-0.15, -0.1) is 0 Å². The van der Waals surface area contributed by atoms with E-state index in [-0.39, 0.29) is 47.6 Å². The van der Waals surface area contributed by atoms with Crippen LogP contribution < -0.4 is 0 Å². The van der Waals surface area contributed by atoms with E-state index in [1.807, 2.05) is 0 Å². The Bertz CT molecular complexity index is 1390. The van der Waals surface area contributed by atoms with Crippen LogP contribution in [0.1, 0.15) is 71.9 Å². The molecule has 1 aromatic carbocycles. The number of esters is 1. The minimum Gasteiger partial charge on any atom is -0.466 e. The molecule has 14 heteroatoms. The average Bonchev–Trinajstić information content (AvgIpc) is 3.40. The fourth-order valence-electron chi connectivity index (χ4n) is 5.13. The lowest BCUT2D eigenvalue weighted by atomic mass is 9.86. The molecule has 1 amide bonds. The van der Waals surface area contributed by atoms with Crippen molar-refractivity contribution < 1.29 is 37.0 Å². The number of rotatable bonds is 9. The van der Waals surface area contributed by atoms with E-state index in [1.165, 1.54) is 24.5 Å². The third-order valence-electron chi connectivity index (χ3n) is 7.15. The van der Waals surface area contributed by atoms with Gasteiger partial charge in [0.2, 0.25) is 0 Å². The Morgan fingerprint density at radius 3 is 2.29 bits per heavy atom. The molecule has 0 spiro atoms. The summed E-state index contributed by atoms with van der Waals surface area (Å²) in [6.07, 6.45) is -1.99. The normalized spacial score (nSPS) is 18.0. The minimum absolute atomic E-state index is 0.00593. The number of halogens is 6. The van der Waals surface area contributed by atoms with E-state index in [0.29, 0.717) is 18.4 Å². The number of pyridine rings is 1. The number of alkyl halides is 3.